The Bertz CT molecular complexity index is 564. The summed E-state index contributed by atoms with van der Waals surface area (Å²) in [6.45, 7) is 1.47. The van der Waals surface area contributed by atoms with Crippen molar-refractivity contribution in [3.8, 4) is 5.69 Å². The molecule has 1 aromatic carbocycles. The van der Waals surface area contributed by atoms with E-state index in [1.165, 1.54) is 0 Å². The van der Waals surface area contributed by atoms with Crippen LogP contribution in [0.1, 0.15) is 16.8 Å². The number of ether oxygens (including phenoxy) is 1. The Hall–Kier alpha value is -2.11. The van der Waals surface area contributed by atoms with Gasteiger partial charge in [0.1, 0.15) is 0 Å². The minimum absolute atomic E-state index is 0.0415. The van der Waals surface area contributed by atoms with Crippen LogP contribution in [0, 0.1) is 0 Å². The van der Waals surface area contributed by atoms with Gasteiger partial charge < -0.3 is 19.3 Å². The molecule has 118 valence electrons. The van der Waals surface area contributed by atoms with Crippen molar-refractivity contribution in [1.29, 1.82) is 0 Å². The highest BCUT2D eigenvalue weighted by Crippen LogP contribution is 2.12. The van der Waals surface area contributed by atoms with Crippen molar-refractivity contribution in [2.45, 2.75) is 6.42 Å². The van der Waals surface area contributed by atoms with Gasteiger partial charge in [0.25, 0.3) is 5.91 Å². The van der Waals surface area contributed by atoms with E-state index >= 15 is 0 Å². The molecule has 0 atom stereocenters. The fraction of sp³-hybridized carbons (Fsp3) is 0.353. The molecule has 1 aromatic heterocycles. The Labute approximate surface area is 130 Å². The Morgan fingerprint density at radius 2 is 1.86 bits per heavy atom. The number of benzene rings is 1. The minimum atomic E-state index is -0.0655. The third-order valence-corrected chi connectivity index (χ3v) is 3.45. The number of methoxy groups -OCH3 is 1. The highest BCUT2D eigenvalue weighted by atomic mass is 16.5. The fourth-order valence-corrected chi connectivity index (χ4v) is 2.30. The molecule has 0 bridgehead atoms. The molecule has 0 saturated carbocycles. The lowest BCUT2D eigenvalue weighted by molar-refractivity contribution is 0.0701. The second-order valence-electron chi connectivity index (χ2n) is 5.00. The van der Waals surface area contributed by atoms with Crippen LogP contribution in [0.25, 0.3) is 5.69 Å². The van der Waals surface area contributed by atoms with Gasteiger partial charge in [0.2, 0.25) is 0 Å². The molecule has 0 saturated heterocycles. The van der Waals surface area contributed by atoms with Gasteiger partial charge in [-0.3, -0.25) is 4.79 Å². The summed E-state index contributed by atoms with van der Waals surface area (Å²) in [6.07, 6.45) is 4.67. The molecule has 5 nitrogen and oxygen atoms in total. The third-order valence-electron chi connectivity index (χ3n) is 3.45. The Kier molecular flexibility index (Phi) is 6.18. The molecule has 0 unspecified atom stereocenters. The topological polar surface area (TPSA) is 54.7 Å². The first-order valence-electron chi connectivity index (χ1n) is 7.38. The van der Waals surface area contributed by atoms with E-state index in [-0.39, 0.29) is 12.5 Å². The second kappa shape index (κ2) is 8.36. The van der Waals surface area contributed by atoms with Crippen LogP contribution in [0.15, 0.2) is 48.8 Å². The number of rotatable bonds is 8. The molecule has 0 radical (unpaired) electrons. The number of aromatic nitrogens is 1. The van der Waals surface area contributed by atoms with Crippen molar-refractivity contribution in [2.24, 2.45) is 0 Å². The van der Waals surface area contributed by atoms with Gasteiger partial charge in [-0.1, -0.05) is 0 Å². The van der Waals surface area contributed by atoms with Gasteiger partial charge in [-0.2, -0.15) is 0 Å². The van der Waals surface area contributed by atoms with Crippen LogP contribution in [0.2, 0.25) is 0 Å². The van der Waals surface area contributed by atoms with Crippen molar-refractivity contribution < 1.29 is 14.6 Å². The van der Waals surface area contributed by atoms with Crippen molar-refractivity contribution in [3.05, 3.63) is 54.4 Å². The molecule has 0 aliphatic rings. The van der Waals surface area contributed by atoms with Crippen molar-refractivity contribution in [2.75, 3.05) is 33.4 Å². The summed E-state index contributed by atoms with van der Waals surface area (Å²) >= 11 is 0. The van der Waals surface area contributed by atoms with E-state index in [1.54, 1.807) is 12.0 Å². The lowest BCUT2D eigenvalue weighted by Gasteiger charge is -2.21. The summed E-state index contributed by atoms with van der Waals surface area (Å²) in [6, 6.07) is 11.4. The minimum Gasteiger partial charge on any atom is -0.395 e. The van der Waals surface area contributed by atoms with Gasteiger partial charge in [-0.25, -0.2) is 0 Å². The number of nitrogens with zero attached hydrogens (tertiary/aromatic N) is 2. The van der Waals surface area contributed by atoms with Crippen molar-refractivity contribution in [3.63, 3.8) is 0 Å². The van der Waals surface area contributed by atoms with E-state index in [2.05, 4.69) is 0 Å². The number of carbonyl (C=O) groups is 1. The SMILES string of the molecule is COCCCN(CCO)C(=O)c1ccc(-n2cccc2)cc1. The Morgan fingerprint density at radius 1 is 1.18 bits per heavy atom. The molecule has 1 N–H and O–H groups in total. The third kappa shape index (κ3) is 4.19. The molecule has 0 fully saturated rings. The lowest BCUT2D eigenvalue weighted by atomic mass is 10.1. The molecule has 2 rings (SSSR count). The zero-order valence-electron chi connectivity index (χ0n) is 12.8. The highest BCUT2D eigenvalue weighted by Gasteiger charge is 2.14. The standard InChI is InChI=1S/C17H22N2O3/c1-22-14-4-11-19(12-13-20)17(21)15-5-7-16(8-6-15)18-9-2-3-10-18/h2-3,5-10,20H,4,11-14H2,1H3. The maximum absolute atomic E-state index is 12.5. The predicted octanol–water partition coefficient (Wildman–Crippen LogP) is 1.95. The number of aliphatic hydroxyl groups excluding tert-OH is 1. The molecule has 5 heteroatoms. The van der Waals surface area contributed by atoms with Crippen LogP contribution in [0.3, 0.4) is 0 Å². The van der Waals surface area contributed by atoms with Crippen LogP contribution in [-0.4, -0.2) is 53.9 Å². The van der Waals surface area contributed by atoms with Gasteiger partial charge >= 0.3 is 0 Å². The van der Waals surface area contributed by atoms with Crippen molar-refractivity contribution in [1.82, 2.24) is 9.47 Å². The highest BCUT2D eigenvalue weighted by molar-refractivity contribution is 5.94. The Morgan fingerprint density at radius 3 is 2.45 bits per heavy atom. The van der Waals surface area contributed by atoms with Gasteiger partial charge in [0.05, 0.1) is 6.61 Å². The summed E-state index contributed by atoms with van der Waals surface area (Å²) in [5, 5.41) is 9.13. The number of amides is 1. The largest absolute Gasteiger partial charge is 0.395 e. The van der Waals surface area contributed by atoms with E-state index in [0.717, 1.165) is 12.1 Å². The van der Waals surface area contributed by atoms with Gasteiger partial charge in [0, 0.05) is 50.5 Å². The molecule has 2 aromatic rings. The summed E-state index contributed by atoms with van der Waals surface area (Å²) < 4.78 is 6.99. The first kappa shape index (κ1) is 16.3. The zero-order valence-corrected chi connectivity index (χ0v) is 12.8. The number of carbonyl (C=O) groups excluding carboxylic acids is 1. The van der Waals surface area contributed by atoms with Gasteiger partial charge in [-0.05, 0) is 42.8 Å². The summed E-state index contributed by atoms with van der Waals surface area (Å²) in [5.74, 6) is -0.0655. The average Bonchev–Trinajstić information content (AvgIpc) is 3.08. The summed E-state index contributed by atoms with van der Waals surface area (Å²) in [4.78, 5) is 14.2. The number of hydrogen-bond acceptors (Lipinski definition) is 3. The average molecular weight is 302 g/mol. The van der Waals surface area contributed by atoms with E-state index in [1.807, 2.05) is 53.4 Å². The maximum atomic E-state index is 12.5. The number of hydrogen-bond donors (Lipinski definition) is 1. The first-order valence-corrected chi connectivity index (χ1v) is 7.38. The van der Waals surface area contributed by atoms with Crippen LogP contribution in [0.5, 0.6) is 0 Å². The maximum Gasteiger partial charge on any atom is 0.253 e. The smallest absolute Gasteiger partial charge is 0.253 e. The molecule has 1 heterocycles. The quantitative estimate of drug-likeness (QED) is 0.758. The van der Waals surface area contributed by atoms with Crippen LogP contribution >= 0.6 is 0 Å². The summed E-state index contributed by atoms with van der Waals surface area (Å²) in [5.41, 5.74) is 1.64. The molecule has 1 amide bonds. The van der Waals surface area contributed by atoms with Crippen LogP contribution < -0.4 is 0 Å². The second-order valence-corrected chi connectivity index (χ2v) is 5.00. The zero-order chi connectivity index (χ0) is 15.8. The number of aliphatic hydroxyl groups is 1. The molecule has 0 spiro atoms. The molecule has 0 aliphatic carbocycles. The lowest BCUT2D eigenvalue weighted by Crippen LogP contribution is -2.34. The summed E-state index contributed by atoms with van der Waals surface area (Å²) in [7, 11) is 1.64. The van der Waals surface area contributed by atoms with E-state index in [0.29, 0.717) is 25.3 Å². The fourth-order valence-electron chi connectivity index (χ4n) is 2.30. The molecular formula is C17H22N2O3. The van der Waals surface area contributed by atoms with E-state index in [4.69, 9.17) is 9.84 Å². The van der Waals surface area contributed by atoms with Crippen molar-refractivity contribution >= 4 is 5.91 Å². The van der Waals surface area contributed by atoms with Crippen LogP contribution in [0.4, 0.5) is 0 Å². The van der Waals surface area contributed by atoms with Crippen LogP contribution in [-0.2, 0) is 4.74 Å². The predicted molar refractivity (Wildman–Crippen MR) is 85.3 cm³/mol. The van der Waals surface area contributed by atoms with E-state index < -0.39 is 0 Å². The molecular weight excluding hydrogens is 280 g/mol. The molecule has 22 heavy (non-hydrogen) atoms. The first-order chi connectivity index (χ1) is 10.8. The molecule has 0 aliphatic heterocycles. The van der Waals surface area contributed by atoms with E-state index in [9.17, 15) is 4.79 Å². The normalized spacial score (nSPS) is 10.6. The monoisotopic (exact) mass is 302 g/mol. The van der Waals surface area contributed by atoms with Gasteiger partial charge in [-0.15, -0.1) is 0 Å². The Balaban J connectivity index is 2.06. The van der Waals surface area contributed by atoms with Gasteiger partial charge in [0.15, 0.2) is 0 Å².